The number of carbonyl (C=O) groups is 6. The number of carbonyl (C=O) groups excluding carboxylic acids is 6. The van der Waals surface area contributed by atoms with Gasteiger partial charge in [0.25, 0.3) is 0 Å². The molecule has 0 saturated heterocycles. The van der Waals surface area contributed by atoms with Gasteiger partial charge < -0.3 is 39.1 Å². The van der Waals surface area contributed by atoms with Crippen molar-refractivity contribution in [2.45, 2.75) is 80.7 Å². The molecule has 0 saturated carbocycles. The number of hydrogen-bond acceptors (Lipinski definition) is 12. The molecule has 14 nitrogen and oxygen atoms in total. The fourth-order valence-corrected chi connectivity index (χ4v) is 4.45. The molecule has 2 atom stereocenters. The highest BCUT2D eigenvalue weighted by atomic mass is 127. The second-order valence-corrected chi connectivity index (χ2v) is 14.8. The van der Waals surface area contributed by atoms with Crippen LogP contribution < -0.4 is 10.6 Å². The van der Waals surface area contributed by atoms with Gasteiger partial charge >= 0.3 is 36.1 Å². The Morgan fingerprint density at radius 3 is 1.26 bits per heavy atom. The van der Waals surface area contributed by atoms with Gasteiger partial charge in [0.15, 0.2) is 6.07 Å². The van der Waals surface area contributed by atoms with Crippen LogP contribution in [0.1, 0.15) is 66.5 Å². The van der Waals surface area contributed by atoms with E-state index >= 15 is 0 Å². The molecule has 0 spiro atoms. The number of halogens is 2. The van der Waals surface area contributed by atoms with Crippen LogP contribution in [0.3, 0.4) is 0 Å². The molecule has 0 radical (unpaired) electrons. The Bertz CT molecular complexity index is 1380. The van der Waals surface area contributed by atoms with Crippen LogP contribution in [-0.2, 0) is 60.8 Å². The monoisotopic (exact) mass is 890 g/mol. The minimum atomic E-state index is -1.06. The first kappa shape index (κ1) is 47.9. The van der Waals surface area contributed by atoms with Crippen LogP contribution in [0.4, 0.5) is 9.59 Å². The number of nitrogens with one attached hydrogen (secondary N) is 2. The lowest BCUT2D eigenvalue weighted by molar-refractivity contribution is -0.162. The fourth-order valence-electron chi connectivity index (χ4n) is 4.07. The highest BCUT2D eigenvalue weighted by molar-refractivity contribution is 14.1. The first-order chi connectivity index (χ1) is 25.3. The smallest absolute Gasteiger partial charge is 0.408 e. The SMILES string of the molecule is CC(C)[C@@H](NC(=O)OCc1ccccc1)C(=O)OCC(C)(C)C(=O)OCCl.CC(C)[C@@H](NC(=O)OCc1ccccc1)C(=O)OCC(C)(C)C(=O)OCI. The van der Waals surface area contributed by atoms with Gasteiger partial charge in [-0.3, -0.25) is 9.59 Å². The molecule has 2 aromatic carbocycles. The van der Waals surface area contributed by atoms with E-state index < -0.39 is 59.0 Å². The number of alkyl halides is 2. The van der Waals surface area contributed by atoms with Gasteiger partial charge in [-0.05, 0) is 73.2 Å². The van der Waals surface area contributed by atoms with Crippen molar-refractivity contribution in [3.8, 4) is 0 Å². The number of alkyl carbamates (subject to hydrolysis) is 2. The van der Waals surface area contributed by atoms with Crippen molar-refractivity contribution in [3.05, 3.63) is 71.8 Å². The molecule has 0 aromatic heterocycles. The van der Waals surface area contributed by atoms with Gasteiger partial charge in [-0.2, -0.15) is 0 Å². The van der Waals surface area contributed by atoms with Crippen LogP contribution in [-0.4, -0.2) is 72.0 Å². The number of ether oxygens (including phenoxy) is 6. The molecule has 0 aliphatic carbocycles. The van der Waals surface area contributed by atoms with E-state index in [9.17, 15) is 28.8 Å². The van der Waals surface area contributed by atoms with E-state index in [4.69, 9.17) is 40.0 Å². The number of rotatable bonds is 18. The zero-order chi connectivity index (χ0) is 40.9. The first-order valence-corrected chi connectivity index (χ1v) is 19.1. The van der Waals surface area contributed by atoms with E-state index in [0.29, 0.717) is 0 Å². The van der Waals surface area contributed by atoms with Gasteiger partial charge in [0, 0.05) is 0 Å². The molecule has 54 heavy (non-hydrogen) atoms. The third-order valence-corrected chi connectivity index (χ3v) is 7.86. The molecule has 0 heterocycles. The summed E-state index contributed by atoms with van der Waals surface area (Å²) in [6.45, 7) is 13.3. The fraction of sp³-hybridized carbons (Fsp3) is 0.526. The molecule has 0 bridgehead atoms. The molecule has 2 N–H and O–H groups in total. The average Bonchev–Trinajstić information content (AvgIpc) is 3.13. The zero-order valence-electron chi connectivity index (χ0n) is 32.0. The molecular formula is C38H52ClIN2O12. The van der Waals surface area contributed by atoms with Gasteiger partial charge in [0.1, 0.15) is 43.1 Å². The largest absolute Gasteiger partial charge is 0.463 e. The summed E-state index contributed by atoms with van der Waals surface area (Å²) in [5, 5.41) is 5.03. The Morgan fingerprint density at radius 2 is 0.944 bits per heavy atom. The Labute approximate surface area is 335 Å². The van der Waals surface area contributed by atoms with E-state index in [1.807, 2.05) is 83.3 Å². The van der Waals surface area contributed by atoms with E-state index in [1.54, 1.807) is 55.4 Å². The lowest BCUT2D eigenvalue weighted by atomic mass is 9.95. The summed E-state index contributed by atoms with van der Waals surface area (Å²) >= 11 is 7.29. The summed E-state index contributed by atoms with van der Waals surface area (Å²) in [5.74, 6) is -2.78. The summed E-state index contributed by atoms with van der Waals surface area (Å²) in [7, 11) is 0. The third-order valence-electron chi connectivity index (χ3n) is 7.44. The van der Waals surface area contributed by atoms with E-state index in [1.165, 1.54) is 0 Å². The maximum atomic E-state index is 12.4. The van der Waals surface area contributed by atoms with Gasteiger partial charge in [0.2, 0.25) is 0 Å². The molecule has 0 aliphatic rings. The van der Waals surface area contributed by atoms with Crippen LogP contribution in [0.15, 0.2) is 60.7 Å². The third kappa shape index (κ3) is 18.3. The van der Waals surface area contributed by atoms with Crippen molar-refractivity contribution in [1.82, 2.24) is 10.6 Å². The van der Waals surface area contributed by atoms with Gasteiger partial charge in [0.05, 0.1) is 10.8 Å². The summed E-state index contributed by atoms with van der Waals surface area (Å²) in [6.07, 6.45) is -1.44. The van der Waals surface area contributed by atoms with Crippen molar-refractivity contribution in [2.75, 3.05) is 23.9 Å². The lowest BCUT2D eigenvalue weighted by Crippen LogP contribution is -2.46. The first-order valence-electron chi connectivity index (χ1n) is 17.1. The van der Waals surface area contributed by atoms with Crippen LogP contribution in [0.25, 0.3) is 0 Å². The molecule has 2 aromatic rings. The number of hydrogen-bond donors (Lipinski definition) is 2. The van der Waals surface area contributed by atoms with Crippen molar-refractivity contribution in [3.63, 3.8) is 0 Å². The Kier molecular flexibility index (Phi) is 21.6. The van der Waals surface area contributed by atoms with Gasteiger partial charge in [-0.15, -0.1) is 0 Å². The van der Waals surface area contributed by atoms with Gasteiger partial charge in [-0.25, -0.2) is 19.2 Å². The predicted molar refractivity (Wildman–Crippen MR) is 208 cm³/mol. The zero-order valence-corrected chi connectivity index (χ0v) is 34.9. The Hall–Kier alpha value is -4.12. The normalized spacial score (nSPS) is 12.2. The molecule has 0 fully saturated rings. The molecule has 2 rings (SSSR count). The Balaban J connectivity index is 0.000000540. The van der Waals surface area contributed by atoms with E-state index in [0.717, 1.165) is 11.1 Å². The topological polar surface area (TPSA) is 182 Å². The molecule has 2 amide bonds. The van der Waals surface area contributed by atoms with Crippen molar-refractivity contribution in [1.29, 1.82) is 0 Å². The number of esters is 4. The van der Waals surface area contributed by atoms with Crippen LogP contribution in [0.5, 0.6) is 0 Å². The summed E-state index contributed by atoms with van der Waals surface area (Å²) in [4.78, 5) is 72.4. The lowest BCUT2D eigenvalue weighted by Gasteiger charge is -2.25. The highest BCUT2D eigenvalue weighted by Gasteiger charge is 2.35. The second-order valence-electron chi connectivity index (χ2n) is 13.9. The molecule has 16 heteroatoms. The summed E-state index contributed by atoms with van der Waals surface area (Å²) in [6, 6.07) is 16.3. The van der Waals surface area contributed by atoms with Gasteiger partial charge in [-0.1, -0.05) is 100.0 Å². The second kappa shape index (κ2) is 24.3. The van der Waals surface area contributed by atoms with Crippen LogP contribution in [0.2, 0.25) is 0 Å². The van der Waals surface area contributed by atoms with E-state index in [-0.39, 0.29) is 48.9 Å². The van der Waals surface area contributed by atoms with E-state index in [2.05, 4.69) is 10.6 Å². The maximum Gasteiger partial charge on any atom is 0.408 e. The van der Waals surface area contributed by atoms with Crippen molar-refractivity contribution >= 4 is 70.3 Å². The van der Waals surface area contributed by atoms with Crippen LogP contribution >= 0.6 is 34.2 Å². The quantitative estimate of drug-likeness (QED) is 0.0702. The van der Waals surface area contributed by atoms with Crippen molar-refractivity contribution < 1.29 is 57.2 Å². The number of amides is 2. The summed E-state index contributed by atoms with van der Waals surface area (Å²) in [5.41, 5.74) is -0.362. The Morgan fingerprint density at radius 1 is 0.593 bits per heavy atom. The molecule has 0 aliphatic heterocycles. The maximum absolute atomic E-state index is 12.4. The molecule has 300 valence electrons. The summed E-state index contributed by atoms with van der Waals surface area (Å²) < 4.78 is 30.6. The van der Waals surface area contributed by atoms with Crippen molar-refractivity contribution in [2.24, 2.45) is 22.7 Å². The average molecular weight is 891 g/mol. The highest BCUT2D eigenvalue weighted by Crippen LogP contribution is 2.20. The number of benzene rings is 2. The molecule has 0 unspecified atom stereocenters. The molecular weight excluding hydrogens is 839 g/mol. The minimum Gasteiger partial charge on any atom is -0.463 e. The minimum absolute atomic E-state index is 0.0871. The standard InChI is InChI=1S/C19H26ClNO6.C19H26INO6/c2*1-13(2)15(16(22)26-11-19(3,4)17(23)27-12-20)21-18(24)25-10-14-8-6-5-7-9-14/h2*5-9,13,15H,10-12H2,1-4H3,(H,21,24)/t2*15-/m11/s1. The van der Waals surface area contributed by atoms with Crippen LogP contribution in [0, 0.1) is 22.7 Å². The predicted octanol–water partition coefficient (Wildman–Crippen LogP) is 6.69.